The Morgan fingerprint density at radius 3 is 2.56 bits per heavy atom. The van der Waals surface area contributed by atoms with E-state index in [1.807, 2.05) is 0 Å². The van der Waals surface area contributed by atoms with Crippen molar-refractivity contribution in [1.29, 1.82) is 0 Å². The monoisotopic (exact) mass is 291 g/mol. The number of phenolic OH excluding ortho intramolecular Hbond substituents is 1. The molecule has 0 bridgehead atoms. The molecule has 1 aromatic carbocycles. The number of halogens is 2. The fourth-order valence-corrected chi connectivity index (χ4v) is 2.13. The second-order valence-electron chi connectivity index (χ2n) is 4.37. The summed E-state index contributed by atoms with van der Waals surface area (Å²) in [5.41, 5.74) is 5.71. The maximum atomic E-state index is 13.7. The highest BCUT2D eigenvalue weighted by atomic mass is 79.9. The van der Waals surface area contributed by atoms with Crippen molar-refractivity contribution in [3.8, 4) is 11.5 Å². The summed E-state index contributed by atoms with van der Waals surface area (Å²) in [7, 11) is 1.41. The molecule has 0 atom stereocenters. The highest BCUT2D eigenvalue weighted by Gasteiger charge is 2.22. The standard InChI is InChI=1S/C11H15BrFNO2/c1-11(2,14)5-6-7(13)4-8(15)10(16-3)9(6)12/h4,15H,5,14H2,1-3H3. The molecule has 0 heterocycles. The van der Waals surface area contributed by atoms with E-state index in [1.165, 1.54) is 7.11 Å². The fraction of sp³-hybridized carbons (Fsp3) is 0.455. The van der Waals surface area contributed by atoms with E-state index in [9.17, 15) is 9.50 Å². The van der Waals surface area contributed by atoms with Gasteiger partial charge in [0, 0.05) is 17.2 Å². The van der Waals surface area contributed by atoms with Gasteiger partial charge in [-0.3, -0.25) is 0 Å². The summed E-state index contributed by atoms with van der Waals surface area (Å²) in [6.45, 7) is 3.61. The van der Waals surface area contributed by atoms with Gasteiger partial charge < -0.3 is 15.6 Å². The number of hydrogen-bond acceptors (Lipinski definition) is 3. The van der Waals surface area contributed by atoms with Crippen molar-refractivity contribution in [3.05, 3.63) is 21.9 Å². The Balaban J connectivity index is 3.28. The minimum absolute atomic E-state index is 0.223. The van der Waals surface area contributed by atoms with Gasteiger partial charge in [0.05, 0.1) is 11.6 Å². The summed E-state index contributed by atoms with van der Waals surface area (Å²) in [4.78, 5) is 0. The molecule has 0 saturated heterocycles. The second-order valence-corrected chi connectivity index (χ2v) is 5.16. The number of aromatic hydroxyl groups is 1. The predicted molar refractivity (Wildman–Crippen MR) is 64.3 cm³/mol. The van der Waals surface area contributed by atoms with E-state index < -0.39 is 11.4 Å². The van der Waals surface area contributed by atoms with Crippen LogP contribution in [-0.2, 0) is 6.42 Å². The normalized spacial score (nSPS) is 11.6. The molecule has 3 nitrogen and oxygen atoms in total. The quantitative estimate of drug-likeness (QED) is 0.900. The average molecular weight is 292 g/mol. The molecule has 0 amide bonds. The van der Waals surface area contributed by atoms with Crippen molar-refractivity contribution in [2.75, 3.05) is 7.11 Å². The zero-order chi connectivity index (χ0) is 12.5. The first-order valence-electron chi connectivity index (χ1n) is 4.79. The summed E-state index contributed by atoms with van der Waals surface area (Å²) in [6, 6.07) is 1.03. The van der Waals surface area contributed by atoms with E-state index in [4.69, 9.17) is 10.5 Å². The van der Waals surface area contributed by atoms with Gasteiger partial charge in [0.2, 0.25) is 0 Å². The van der Waals surface area contributed by atoms with Crippen LogP contribution < -0.4 is 10.5 Å². The lowest BCUT2D eigenvalue weighted by Crippen LogP contribution is -2.34. The Morgan fingerprint density at radius 2 is 2.12 bits per heavy atom. The summed E-state index contributed by atoms with van der Waals surface area (Å²) >= 11 is 3.22. The lowest BCUT2D eigenvalue weighted by atomic mass is 9.95. The Labute approximate surface area is 103 Å². The third kappa shape index (κ3) is 2.86. The van der Waals surface area contributed by atoms with Gasteiger partial charge in [-0.25, -0.2) is 4.39 Å². The molecule has 0 aliphatic carbocycles. The highest BCUT2D eigenvalue weighted by Crippen LogP contribution is 2.39. The van der Waals surface area contributed by atoms with Crippen molar-refractivity contribution < 1.29 is 14.2 Å². The molecule has 1 rings (SSSR count). The van der Waals surface area contributed by atoms with Gasteiger partial charge in [-0.05, 0) is 36.2 Å². The van der Waals surface area contributed by atoms with Gasteiger partial charge in [-0.15, -0.1) is 0 Å². The lowest BCUT2D eigenvalue weighted by Gasteiger charge is -2.21. The number of hydrogen-bond donors (Lipinski definition) is 2. The Hall–Kier alpha value is -0.810. The van der Waals surface area contributed by atoms with Crippen LogP contribution in [0.1, 0.15) is 19.4 Å². The van der Waals surface area contributed by atoms with Crippen LogP contribution in [0.3, 0.4) is 0 Å². The molecule has 16 heavy (non-hydrogen) atoms. The van der Waals surface area contributed by atoms with Gasteiger partial charge in [0.25, 0.3) is 0 Å². The molecular formula is C11H15BrFNO2. The van der Waals surface area contributed by atoms with Crippen molar-refractivity contribution >= 4 is 15.9 Å². The third-order valence-corrected chi connectivity index (χ3v) is 2.92. The number of benzene rings is 1. The summed E-state index contributed by atoms with van der Waals surface area (Å²) < 4.78 is 19.0. The van der Waals surface area contributed by atoms with Gasteiger partial charge >= 0.3 is 0 Å². The number of rotatable bonds is 3. The first kappa shape index (κ1) is 13.3. The number of phenols is 1. The van der Waals surface area contributed by atoms with Crippen molar-refractivity contribution in [2.45, 2.75) is 25.8 Å². The molecule has 0 radical (unpaired) electrons. The van der Waals surface area contributed by atoms with E-state index in [0.717, 1.165) is 6.07 Å². The zero-order valence-corrected chi connectivity index (χ0v) is 11.1. The number of methoxy groups -OCH3 is 1. The molecule has 0 saturated carbocycles. The zero-order valence-electron chi connectivity index (χ0n) is 9.47. The van der Waals surface area contributed by atoms with Crippen LogP contribution in [0.25, 0.3) is 0 Å². The molecule has 90 valence electrons. The molecule has 0 unspecified atom stereocenters. The van der Waals surface area contributed by atoms with E-state index in [0.29, 0.717) is 16.5 Å². The van der Waals surface area contributed by atoms with Gasteiger partial charge in [0.1, 0.15) is 5.82 Å². The van der Waals surface area contributed by atoms with Crippen LogP contribution in [0.2, 0.25) is 0 Å². The van der Waals surface area contributed by atoms with E-state index in [-0.39, 0.29) is 11.5 Å². The topological polar surface area (TPSA) is 55.5 Å². The first-order chi connectivity index (χ1) is 7.26. The predicted octanol–water partition coefficient (Wildman–Crippen LogP) is 2.58. The molecular weight excluding hydrogens is 277 g/mol. The van der Waals surface area contributed by atoms with E-state index in [1.54, 1.807) is 13.8 Å². The Kier molecular flexibility index (Phi) is 3.80. The lowest BCUT2D eigenvalue weighted by molar-refractivity contribution is 0.366. The Bertz CT molecular complexity index is 402. The smallest absolute Gasteiger partial charge is 0.175 e. The molecule has 0 aliphatic heterocycles. The largest absolute Gasteiger partial charge is 0.504 e. The minimum atomic E-state index is -0.536. The van der Waals surface area contributed by atoms with Crippen LogP contribution in [0.15, 0.2) is 10.5 Å². The van der Waals surface area contributed by atoms with Crippen LogP contribution in [-0.4, -0.2) is 17.8 Å². The molecule has 0 fully saturated rings. The minimum Gasteiger partial charge on any atom is -0.504 e. The average Bonchev–Trinajstić information content (AvgIpc) is 2.11. The third-order valence-electron chi connectivity index (χ3n) is 2.09. The van der Waals surface area contributed by atoms with E-state index in [2.05, 4.69) is 15.9 Å². The van der Waals surface area contributed by atoms with Crippen molar-refractivity contribution in [1.82, 2.24) is 0 Å². The summed E-state index contributed by atoms with van der Waals surface area (Å²) in [5.74, 6) is -0.505. The van der Waals surface area contributed by atoms with Crippen LogP contribution in [0.5, 0.6) is 11.5 Å². The SMILES string of the molecule is COc1c(O)cc(F)c(CC(C)(C)N)c1Br. The van der Waals surface area contributed by atoms with E-state index >= 15 is 0 Å². The van der Waals surface area contributed by atoms with Crippen LogP contribution in [0.4, 0.5) is 4.39 Å². The summed E-state index contributed by atoms with van der Waals surface area (Å²) in [6.07, 6.45) is 0.343. The fourth-order valence-electron chi connectivity index (χ4n) is 1.44. The molecule has 3 N–H and O–H groups in total. The van der Waals surface area contributed by atoms with Gasteiger partial charge in [0.15, 0.2) is 11.5 Å². The summed E-state index contributed by atoms with van der Waals surface area (Å²) in [5, 5.41) is 9.47. The molecule has 0 spiro atoms. The van der Waals surface area contributed by atoms with Crippen LogP contribution in [0, 0.1) is 5.82 Å². The molecule has 0 aromatic heterocycles. The van der Waals surface area contributed by atoms with Gasteiger partial charge in [-0.1, -0.05) is 0 Å². The molecule has 0 aliphatic rings. The second kappa shape index (κ2) is 4.59. The van der Waals surface area contributed by atoms with Crippen molar-refractivity contribution in [3.63, 3.8) is 0 Å². The Morgan fingerprint density at radius 1 is 1.56 bits per heavy atom. The number of nitrogens with two attached hydrogens (primary N) is 1. The maximum Gasteiger partial charge on any atom is 0.175 e. The highest BCUT2D eigenvalue weighted by molar-refractivity contribution is 9.10. The van der Waals surface area contributed by atoms with Crippen LogP contribution >= 0.6 is 15.9 Å². The molecule has 1 aromatic rings. The number of ether oxygens (including phenoxy) is 1. The van der Waals surface area contributed by atoms with Crippen molar-refractivity contribution in [2.24, 2.45) is 5.73 Å². The maximum absolute atomic E-state index is 13.7. The van der Waals surface area contributed by atoms with Gasteiger partial charge in [-0.2, -0.15) is 0 Å². The first-order valence-corrected chi connectivity index (χ1v) is 5.58. The molecule has 5 heteroatoms.